The highest BCUT2D eigenvalue weighted by molar-refractivity contribution is 7.13. The minimum absolute atomic E-state index is 0.799. The standard InChI is InChI=1S/C15H26N4S/c16-11-13-1-3-14(4-2-13)12-18-6-8-19(9-7-18)15-17-5-10-20-15/h5,10,13-14H,1-4,6-9,11-12,16H2. The Labute approximate surface area is 126 Å². The van der Waals surface area contributed by atoms with Gasteiger partial charge in [0.2, 0.25) is 0 Å². The van der Waals surface area contributed by atoms with Gasteiger partial charge in [0.05, 0.1) is 0 Å². The molecule has 0 radical (unpaired) electrons. The van der Waals surface area contributed by atoms with Gasteiger partial charge >= 0.3 is 0 Å². The fraction of sp³-hybridized carbons (Fsp3) is 0.800. The molecule has 3 rings (SSSR count). The number of hydrogen-bond donors (Lipinski definition) is 1. The lowest BCUT2D eigenvalue weighted by Crippen LogP contribution is -2.48. The van der Waals surface area contributed by atoms with Crippen molar-refractivity contribution in [3.8, 4) is 0 Å². The monoisotopic (exact) mass is 294 g/mol. The summed E-state index contributed by atoms with van der Waals surface area (Å²) in [5.74, 6) is 1.71. The van der Waals surface area contributed by atoms with Gasteiger partial charge in [-0.1, -0.05) is 0 Å². The first-order valence-electron chi connectivity index (χ1n) is 7.92. The molecule has 0 amide bonds. The Hall–Kier alpha value is -0.650. The number of rotatable bonds is 4. The summed E-state index contributed by atoms with van der Waals surface area (Å²) in [5.41, 5.74) is 5.77. The highest BCUT2D eigenvalue weighted by Crippen LogP contribution is 2.29. The van der Waals surface area contributed by atoms with Crippen molar-refractivity contribution in [2.24, 2.45) is 17.6 Å². The van der Waals surface area contributed by atoms with Gasteiger partial charge in [0.1, 0.15) is 0 Å². The molecular weight excluding hydrogens is 268 g/mol. The molecule has 0 bridgehead atoms. The van der Waals surface area contributed by atoms with Crippen LogP contribution in [0, 0.1) is 11.8 Å². The Balaban J connectivity index is 1.41. The molecule has 0 unspecified atom stereocenters. The maximum atomic E-state index is 5.77. The summed E-state index contributed by atoms with van der Waals surface area (Å²) < 4.78 is 0. The van der Waals surface area contributed by atoms with Gasteiger partial charge < -0.3 is 10.6 Å². The molecule has 5 heteroatoms. The minimum Gasteiger partial charge on any atom is -0.346 e. The number of nitrogens with two attached hydrogens (primary N) is 1. The molecule has 1 aromatic heterocycles. The summed E-state index contributed by atoms with van der Waals surface area (Å²) in [4.78, 5) is 9.49. The Morgan fingerprint density at radius 1 is 1.10 bits per heavy atom. The molecule has 0 aromatic carbocycles. The Morgan fingerprint density at radius 2 is 1.80 bits per heavy atom. The van der Waals surface area contributed by atoms with Gasteiger partial charge in [-0.3, -0.25) is 4.90 Å². The topological polar surface area (TPSA) is 45.4 Å². The molecule has 2 aliphatic rings. The average molecular weight is 294 g/mol. The van der Waals surface area contributed by atoms with Crippen molar-refractivity contribution in [2.75, 3.05) is 44.2 Å². The molecule has 0 atom stereocenters. The molecular formula is C15H26N4S. The van der Waals surface area contributed by atoms with E-state index in [1.54, 1.807) is 11.3 Å². The van der Waals surface area contributed by atoms with Crippen LogP contribution in [-0.2, 0) is 0 Å². The lowest BCUT2D eigenvalue weighted by atomic mass is 9.82. The summed E-state index contributed by atoms with van der Waals surface area (Å²) in [6, 6.07) is 0. The van der Waals surface area contributed by atoms with Crippen LogP contribution in [0.1, 0.15) is 25.7 Å². The van der Waals surface area contributed by atoms with Gasteiger partial charge in [0, 0.05) is 44.3 Å². The van der Waals surface area contributed by atoms with E-state index < -0.39 is 0 Å². The largest absolute Gasteiger partial charge is 0.346 e. The van der Waals surface area contributed by atoms with Gasteiger partial charge in [-0.15, -0.1) is 11.3 Å². The third-order valence-electron chi connectivity index (χ3n) is 4.88. The van der Waals surface area contributed by atoms with E-state index in [-0.39, 0.29) is 0 Å². The zero-order valence-electron chi connectivity index (χ0n) is 12.2. The number of anilines is 1. The van der Waals surface area contributed by atoms with Crippen molar-refractivity contribution in [3.05, 3.63) is 11.6 Å². The van der Waals surface area contributed by atoms with E-state index in [1.165, 1.54) is 50.4 Å². The summed E-state index contributed by atoms with van der Waals surface area (Å²) in [6.45, 7) is 6.83. The van der Waals surface area contributed by atoms with Crippen LogP contribution in [0.25, 0.3) is 0 Å². The van der Waals surface area contributed by atoms with E-state index in [9.17, 15) is 0 Å². The smallest absolute Gasteiger partial charge is 0.185 e. The number of aromatic nitrogens is 1. The van der Waals surface area contributed by atoms with E-state index in [2.05, 4.69) is 20.2 Å². The molecule has 4 nitrogen and oxygen atoms in total. The number of thiazole rings is 1. The first kappa shape index (κ1) is 14.3. The quantitative estimate of drug-likeness (QED) is 0.923. The van der Waals surface area contributed by atoms with Crippen molar-refractivity contribution in [3.63, 3.8) is 0 Å². The fourth-order valence-electron chi connectivity index (χ4n) is 3.51. The highest BCUT2D eigenvalue weighted by atomic mass is 32.1. The van der Waals surface area contributed by atoms with Crippen LogP contribution in [0.5, 0.6) is 0 Å². The fourth-order valence-corrected chi connectivity index (χ4v) is 4.21. The SMILES string of the molecule is NCC1CCC(CN2CCN(c3nccs3)CC2)CC1. The third kappa shape index (κ3) is 3.51. The minimum atomic E-state index is 0.799. The molecule has 1 saturated carbocycles. The molecule has 2 heterocycles. The van der Waals surface area contributed by atoms with E-state index in [0.717, 1.165) is 31.5 Å². The Kier molecular flexibility index (Phi) is 4.91. The van der Waals surface area contributed by atoms with Crippen molar-refractivity contribution in [2.45, 2.75) is 25.7 Å². The molecule has 2 N–H and O–H groups in total. The van der Waals surface area contributed by atoms with Crippen LogP contribution in [0.15, 0.2) is 11.6 Å². The van der Waals surface area contributed by atoms with Crippen molar-refractivity contribution < 1.29 is 0 Å². The normalized spacial score (nSPS) is 28.8. The zero-order chi connectivity index (χ0) is 13.8. The summed E-state index contributed by atoms with van der Waals surface area (Å²) in [5, 5.41) is 3.26. The lowest BCUT2D eigenvalue weighted by Gasteiger charge is -2.38. The molecule has 1 aromatic rings. The van der Waals surface area contributed by atoms with Gasteiger partial charge in [-0.2, -0.15) is 0 Å². The van der Waals surface area contributed by atoms with Gasteiger partial charge in [-0.05, 0) is 44.1 Å². The third-order valence-corrected chi connectivity index (χ3v) is 5.71. The second-order valence-corrected chi connectivity index (χ2v) is 7.10. The Morgan fingerprint density at radius 3 is 2.40 bits per heavy atom. The van der Waals surface area contributed by atoms with Crippen LogP contribution in [0.2, 0.25) is 0 Å². The second kappa shape index (κ2) is 6.87. The van der Waals surface area contributed by atoms with E-state index in [4.69, 9.17) is 5.73 Å². The first-order valence-corrected chi connectivity index (χ1v) is 8.80. The first-order chi connectivity index (χ1) is 9.85. The maximum absolute atomic E-state index is 5.77. The zero-order valence-corrected chi connectivity index (χ0v) is 13.0. The van der Waals surface area contributed by atoms with Crippen molar-refractivity contribution >= 4 is 16.5 Å². The van der Waals surface area contributed by atoms with Crippen LogP contribution in [0.4, 0.5) is 5.13 Å². The van der Waals surface area contributed by atoms with Gasteiger partial charge in [0.15, 0.2) is 5.13 Å². The molecule has 0 spiro atoms. The molecule has 1 aliphatic heterocycles. The number of hydrogen-bond acceptors (Lipinski definition) is 5. The number of piperazine rings is 1. The summed E-state index contributed by atoms with van der Waals surface area (Å²) >= 11 is 1.75. The van der Waals surface area contributed by atoms with Crippen LogP contribution in [-0.4, -0.2) is 49.2 Å². The van der Waals surface area contributed by atoms with Gasteiger partial charge in [-0.25, -0.2) is 4.98 Å². The van der Waals surface area contributed by atoms with E-state index in [0.29, 0.717) is 0 Å². The summed E-state index contributed by atoms with van der Waals surface area (Å²) in [7, 11) is 0. The maximum Gasteiger partial charge on any atom is 0.185 e. The average Bonchev–Trinajstić information content (AvgIpc) is 3.03. The highest BCUT2D eigenvalue weighted by Gasteiger charge is 2.24. The van der Waals surface area contributed by atoms with Crippen LogP contribution >= 0.6 is 11.3 Å². The van der Waals surface area contributed by atoms with E-state index in [1.807, 2.05) is 6.20 Å². The molecule has 1 aliphatic carbocycles. The Bertz CT molecular complexity index is 379. The van der Waals surface area contributed by atoms with Crippen LogP contribution < -0.4 is 10.6 Å². The lowest BCUT2D eigenvalue weighted by molar-refractivity contribution is 0.175. The predicted molar refractivity (Wildman–Crippen MR) is 85.3 cm³/mol. The molecule has 20 heavy (non-hydrogen) atoms. The summed E-state index contributed by atoms with van der Waals surface area (Å²) in [6.07, 6.45) is 7.37. The molecule has 2 fully saturated rings. The van der Waals surface area contributed by atoms with Crippen molar-refractivity contribution in [1.82, 2.24) is 9.88 Å². The molecule has 1 saturated heterocycles. The van der Waals surface area contributed by atoms with Gasteiger partial charge in [0.25, 0.3) is 0 Å². The van der Waals surface area contributed by atoms with Crippen LogP contribution in [0.3, 0.4) is 0 Å². The van der Waals surface area contributed by atoms with E-state index >= 15 is 0 Å². The molecule has 112 valence electrons. The predicted octanol–water partition coefficient (Wildman–Crippen LogP) is 2.03. The second-order valence-electron chi connectivity index (χ2n) is 6.22. The van der Waals surface area contributed by atoms with Crippen molar-refractivity contribution in [1.29, 1.82) is 0 Å². The number of nitrogens with zero attached hydrogens (tertiary/aromatic N) is 3.